The second kappa shape index (κ2) is 18.9. The van der Waals surface area contributed by atoms with Gasteiger partial charge in [-0.25, -0.2) is 18.7 Å². The van der Waals surface area contributed by atoms with Crippen LogP contribution < -0.4 is 0 Å². The highest BCUT2D eigenvalue weighted by atomic mass is 19.3. The van der Waals surface area contributed by atoms with Gasteiger partial charge in [-0.2, -0.15) is 0 Å². The van der Waals surface area contributed by atoms with Gasteiger partial charge in [0.25, 0.3) is 5.92 Å². The van der Waals surface area contributed by atoms with Gasteiger partial charge in [0.2, 0.25) is 11.8 Å². The summed E-state index contributed by atoms with van der Waals surface area (Å²) >= 11 is 0. The minimum atomic E-state index is -3.04. The van der Waals surface area contributed by atoms with E-state index >= 15 is 8.78 Å². The maximum absolute atomic E-state index is 15.2. The Balaban J connectivity index is 0.929. The van der Waals surface area contributed by atoms with Crippen molar-refractivity contribution in [1.29, 1.82) is 0 Å². The van der Waals surface area contributed by atoms with E-state index in [1.54, 1.807) is 6.20 Å². The predicted octanol–water partition coefficient (Wildman–Crippen LogP) is 10.4. The van der Waals surface area contributed by atoms with Crippen molar-refractivity contribution in [2.24, 2.45) is 0 Å². The monoisotopic (exact) mass is 878 g/mol. The van der Waals surface area contributed by atoms with Crippen molar-refractivity contribution in [3.05, 3.63) is 143 Å². The summed E-state index contributed by atoms with van der Waals surface area (Å²) in [5.41, 5.74) is 10.0. The molecule has 65 heavy (non-hydrogen) atoms. The van der Waals surface area contributed by atoms with Gasteiger partial charge in [0.05, 0.1) is 36.2 Å². The number of nitrogens with zero attached hydrogens (tertiary/aromatic N) is 6. The van der Waals surface area contributed by atoms with Gasteiger partial charge in [-0.05, 0) is 91.7 Å². The van der Waals surface area contributed by atoms with Crippen molar-refractivity contribution < 1.29 is 18.4 Å². The lowest BCUT2D eigenvalue weighted by atomic mass is 9.95. The summed E-state index contributed by atoms with van der Waals surface area (Å²) in [4.78, 5) is 53.3. The molecule has 2 N–H and O–H groups in total. The van der Waals surface area contributed by atoms with Crippen molar-refractivity contribution in [2.75, 3.05) is 39.3 Å². The van der Waals surface area contributed by atoms with E-state index in [2.05, 4.69) is 81.1 Å². The van der Waals surface area contributed by atoms with Crippen LogP contribution in [0, 0.1) is 0 Å². The summed E-state index contributed by atoms with van der Waals surface area (Å²) in [6.07, 6.45) is 5.79. The van der Waals surface area contributed by atoms with Crippen LogP contribution >= 0.6 is 0 Å². The van der Waals surface area contributed by atoms with Crippen LogP contribution in [0.4, 0.5) is 8.78 Å². The van der Waals surface area contributed by atoms with E-state index in [1.807, 2.05) is 79.4 Å². The van der Waals surface area contributed by atoms with E-state index < -0.39 is 31.0 Å². The second-order valence-corrected chi connectivity index (χ2v) is 17.7. The fourth-order valence-corrected chi connectivity index (χ4v) is 10.5. The van der Waals surface area contributed by atoms with E-state index in [0.717, 1.165) is 95.8 Å². The summed E-state index contributed by atoms with van der Waals surface area (Å²) in [7, 11) is 0. The molecule has 12 heteroatoms. The number of likely N-dealkylation sites (N-methyl/N-ethyl adjacent to an activating group) is 2. The molecule has 10 nitrogen and oxygen atoms in total. The number of likely N-dealkylation sites (tertiary alicyclic amines) is 2. The molecule has 2 fully saturated rings. The standard InChI is InChI=1S/C53H60F2N8O2/c1-5-60(6-2)47(37-17-11-9-12-18-37)51(64)62-30-16-23-44(62)50-57-42-22-15-21-40-31-39(28-29-41(40)46(42)59-50)35-24-26-36(27-25-35)43-33-56-49(58-43)45-32-53(54,55)34-63(45)52(65)48(61(7-3)8-4)38-19-13-10-14-20-38/h9-14,17-20,24-29,31,33,44-45,47-48H,5-8,15-16,21-23,30,32,34H2,1-4H3,(H,56,58)(H,57,59)/t44-,45-,47+,48+/m0/s1. The molecule has 0 spiro atoms. The minimum absolute atomic E-state index is 0.103. The Morgan fingerprint density at radius 3 is 1.94 bits per heavy atom. The molecule has 4 atom stereocenters. The van der Waals surface area contributed by atoms with Gasteiger partial charge < -0.3 is 19.8 Å². The van der Waals surface area contributed by atoms with Crippen LogP contribution in [-0.2, 0) is 22.4 Å². The van der Waals surface area contributed by atoms with Crippen molar-refractivity contribution in [2.45, 2.75) is 96.3 Å². The van der Waals surface area contributed by atoms with E-state index in [1.165, 1.54) is 10.5 Å². The molecular formula is C53H60F2N8O2. The van der Waals surface area contributed by atoms with Crippen LogP contribution in [0.15, 0.2) is 109 Å². The predicted molar refractivity (Wildman–Crippen MR) is 251 cm³/mol. The number of H-pyrrole nitrogens is 2. The summed E-state index contributed by atoms with van der Waals surface area (Å²) in [5, 5.41) is 0. The summed E-state index contributed by atoms with van der Waals surface area (Å²) in [5.74, 6) is -2.01. The van der Waals surface area contributed by atoms with Crippen LogP contribution in [0.5, 0.6) is 0 Å². The average Bonchev–Trinajstić information content (AvgIpc) is 4.15. The highest BCUT2D eigenvalue weighted by molar-refractivity contribution is 5.85. The maximum atomic E-state index is 15.2. The molecule has 0 saturated carbocycles. The average molecular weight is 879 g/mol. The molecule has 3 aliphatic rings. The Bertz CT molecular complexity index is 2590. The molecule has 2 aliphatic heterocycles. The second-order valence-electron chi connectivity index (χ2n) is 17.7. The zero-order valence-electron chi connectivity index (χ0n) is 37.9. The number of halogens is 2. The number of rotatable bonds is 14. The number of aromatic nitrogens is 4. The Morgan fingerprint density at radius 1 is 0.708 bits per heavy atom. The number of hydrogen-bond acceptors (Lipinski definition) is 6. The number of benzene rings is 4. The fourth-order valence-electron chi connectivity index (χ4n) is 10.5. The Hall–Kier alpha value is -5.98. The molecule has 2 saturated heterocycles. The third-order valence-electron chi connectivity index (χ3n) is 13.9. The Kier molecular flexibility index (Phi) is 12.8. The van der Waals surface area contributed by atoms with E-state index in [-0.39, 0.29) is 23.9 Å². The first-order valence-electron chi connectivity index (χ1n) is 23.6. The zero-order valence-corrected chi connectivity index (χ0v) is 37.9. The summed E-state index contributed by atoms with van der Waals surface area (Å²) in [6.45, 7) is 11.0. The highest BCUT2D eigenvalue weighted by Crippen LogP contribution is 2.43. The summed E-state index contributed by atoms with van der Waals surface area (Å²) < 4.78 is 30.4. The minimum Gasteiger partial charge on any atom is -0.344 e. The number of fused-ring (bicyclic) bond motifs is 3. The number of aromatic amines is 2. The number of hydrogen-bond donors (Lipinski definition) is 2. The number of alkyl halides is 2. The molecule has 4 heterocycles. The molecule has 2 amide bonds. The Labute approximate surface area is 381 Å². The number of carbonyl (C=O) groups is 2. The van der Waals surface area contributed by atoms with Crippen LogP contribution in [0.25, 0.3) is 33.6 Å². The van der Waals surface area contributed by atoms with E-state index in [0.29, 0.717) is 31.2 Å². The fraction of sp³-hybridized carbons (Fsp3) is 0.396. The first kappa shape index (κ1) is 44.2. The maximum Gasteiger partial charge on any atom is 0.267 e. The lowest BCUT2D eigenvalue weighted by Gasteiger charge is -2.34. The number of imidazole rings is 2. The van der Waals surface area contributed by atoms with Crippen LogP contribution in [0.3, 0.4) is 0 Å². The molecule has 2 aromatic heterocycles. The van der Waals surface area contributed by atoms with Crippen LogP contribution in [-0.4, -0.2) is 96.5 Å². The molecule has 6 aromatic rings. The molecular weight excluding hydrogens is 819 g/mol. The van der Waals surface area contributed by atoms with Gasteiger partial charge in [-0.3, -0.25) is 19.4 Å². The smallest absolute Gasteiger partial charge is 0.267 e. The normalized spacial score (nSPS) is 19.0. The zero-order chi connectivity index (χ0) is 45.2. The molecule has 1 aliphatic carbocycles. The molecule has 9 rings (SSSR count). The van der Waals surface area contributed by atoms with E-state index in [4.69, 9.17) is 4.98 Å². The van der Waals surface area contributed by atoms with Crippen molar-refractivity contribution in [3.8, 4) is 33.6 Å². The molecule has 0 bridgehead atoms. The van der Waals surface area contributed by atoms with Crippen molar-refractivity contribution >= 4 is 11.8 Å². The number of nitrogens with one attached hydrogen (secondary N) is 2. The lowest BCUT2D eigenvalue weighted by molar-refractivity contribution is -0.140. The molecule has 0 unspecified atom stereocenters. The van der Waals surface area contributed by atoms with Gasteiger partial charge in [0.15, 0.2) is 0 Å². The number of aryl methyl sites for hydroxylation is 2. The van der Waals surface area contributed by atoms with Crippen molar-refractivity contribution in [3.63, 3.8) is 0 Å². The van der Waals surface area contributed by atoms with Crippen LogP contribution in [0.1, 0.15) is 112 Å². The number of amides is 2. The quantitative estimate of drug-likeness (QED) is 0.113. The SMILES string of the molecule is CCN(CC)[C@@H](C(=O)N1CC(F)(F)C[C@H]1c1ncc(-c2ccc(-c3ccc4c(c3)CCCc3[nH]c([C@@H]5CCCN5C(=O)[C@@H](c5ccccc5)N(CC)CC)nc3-4)cc2)[nH]1)c1ccccc1. The summed E-state index contributed by atoms with van der Waals surface area (Å²) in [6, 6.07) is 32.4. The lowest BCUT2D eigenvalue weighted by Crippen LogP contribution is -2.43. The molecule has 4 aromatic carbocycles. The highest BCUT2D eigenvalue weighted by Gasteiger charge is 2.50. The first-order chi connectivity index (χ1) is 31.6. The van der Waals surface area contributed by atoms with E-state index in [9.17, 15) is 9.59 Å². The topological polar surface area (TPSA) is 104 Å². The first-order valence-corrected chi connectivity index (χ1v) is 23.6. The third kappa shape index (κ3) is 8.78. The van der Waals surface area contributed by atoms with Gasteiger partial charge >= 0.3 is 0 Å². The molecule has 0 radical (unpaired) electrons. The Morgan fingerprint density at radius 2 is 1.31 bits per heavy atom. The molecule has 338 valence electrons. The van der Waals surface area contributed by atoms with Crippen molar-refractivity contribution in [1.82, 2.24) is 39.5 Å². The van der Waals surface area contributed by atoms with Gasteiger partial charge in [-0.15, -0.1) is 0 Å². The largest absolute Gasteiger partial charge is 0.344 e. The van der Waals surface area contributed by atoms with Gasteiger partial charge in [-0.1, -0.05) is 131 Å². The van der Waals surface area contributed by atoms with Gasteiger partial charge in [0.1, 0.15) is 23.7 Å². The number of carbonyl (C=O) groups excluding carboxylic acids is 2. The third-order valence-corrected chi connectivity index (χ3v) is 13.9. The van der Waals surface area contributed by atoms with Gasteiger partial charge in [0, 0.05) is 24.2 Å². The van der Waals surface area contributed by atoms with Crippen LogP contribution in [0.2, 0.25) is 0 Å².